The number of ether oxygens (including phenoxy) is 1. The molecule has 0 saturated carbocycles. The summed E-state index contributed by atoms with van der Waals surface area (Å²) in [5, 5.41) is 13.4. The number of anilines is 1. The normalized spacial score (nSPS) is 14.8. The highest BCUT2D eigenvalue weighted by Crippen LogP contribution is 2.22. The molecule has 0 aliphatic carbocycles. The van der Waals surface area contributed by atoms with E-state index in [1.807, 2.05) is 20.8 Å². The van der Waals surface area contributed by atoms with E-state index in [1.54, 1.807) is 11.0 Å². The third kappa shape index (κ3) is 4.70. The second-order valence-electron chi connectivity index (χ2n) is 6.64. The van der Waals surface area contributed by atoms with Gasteiger partial charge in [-0.15, -0.1) is 10.2 Å². The van der Waals surface area contributed by atoms with Crippen LogP contribution < -0.4 is 10.6 Å². The van der Waals surface area contributed by atoms with E-state index in [1.165, 1.54) is 7.05 Å². The van der Waals surface area contributed by atoms with E-state index >= 15 is 0 Å². The summed E-state index contributed by atoms with van der Waals surface area (Å²) in [6, 6.07) is 1.56. The van der Waals surface area contributed by atoms with Gasteiger partial charge in [-0.05, 0) is 20.8 Å². The van der Waals surface area contributed by atoms with Crippen LogP contribution in [0.1, 0.15) is 31.3 Å². The lowest BCUT2D eigenvalue weighted by atomic mass is 10.0. The van der Waals surface area contributed by atoms with E-state index < -0.39 is 5.60 Å². The SMILES string of the molecule is CNC(=O)c1nnc(Cl)cc1NCC1CN(C(=O)OC(C)(C)C)C1. The molecule has 0 aromatic carbocycles. The molecule has 1 aromatic rings. The van der Waals surface area contributed by atoms with Crippen molar-refractivity contribution >= 4 is 29.3 Å². The van der Waals surface area contributed by atoms with Crippen LogP contribution in [0.25, 0.3) is 0 Å². The summed E-state index contributed by atoms with van der Waals surface area (Å²) in [6.45, 7) is 7.30. The van der Waals surface area contributed by atoms with Gasteiger partial charge in [0.15, 0.2) is 10.8 Å². The van der Waals surface area contributed by atoms with E-state index in [0.29, 0.717) is 25.3 Å². The second-order valence-corrected chi connectivity index (χ2v) is 7.03. The minimum Gasteiger partial charge on any atom is -0.444 e. The molecule has 0 unspecified atom stereocenters. The highest BCUT2D eigenvalue weighted by molar-refractivity contribution is 6.29. The number of nitrogens with one attached hydrogen (secondary N) is 2. The molecule has 9 heteroatoms. The Labute approximate surface area is 145 Å². The molecule has 0 bridgehead atoms. The van der Waals surface area contributed by atoms with E-state index in [-0.39, 0.29) is 28.8 Å². The van der Waals surface area contributed by atoms with Gasteiger partial charge in [0, 0.05) is 38.7 Å². The Hall–Kier alpha value is -2.09. The maximum Gasteiger partial charge on any atom is 0.410 e. The van der Waals surface area contributed by atoms with Gasteiger partial charge in [0.1, 0.15) is 5.60 Å². The molecule has 0 radical (unpaired) electrons. The van der Waals surface area contributed by atoms with Gasteiger partial charge in [0.2, 0.25) is 0 Å². The lowest BCUT2D eigenvalue weighted by Crippen LogP contribution is -2.53. The molecular formula is C15H22ClN5O3. The van der Waals surface area contributed by atoms with Crippen LogP contribution in [-0.2, 0) is 4.74 Å². The number of aromatic nitrogens is 2. The largest absolute Gasteiger partial charge is 0.444 e. The highest BCUT2D eigenvalue weighted by Gasteiger charge is 2.33. The molecular weight excluding hydrogens is 334 g/mol. The second kappa shape index (κ2) is 7.21. The van der Waals surface area contributed by atoms with Crippen molar-refractivity contribution < 1.29 is 14.3 Å². The number of carbonyl (C=O) groups excluding carboxylic acids is 2. The average molecular weight is 356 g/mol. The molecule has 0 spiro atoms. The molecule has 0 atom stereocenters. The Morgan fingerprint density at radius 1 is 1.38 bits per heavy atom. The third-order valence-electron chi connectivity index (χ3n) is 3.40. The fourth-order valence-electron chi connectivity index (χ4n) is 2.22. The summed E-state index contributed by atoms with van der Waals surface area (Å²) >= 11 is 5.84. The van der Waals surface area contributed by atoms with E-state index in [9.17, 15) is 9.59 Å². The van der Waals surface area contributed by atoms with Crippen molar-refractivity contribution in [3.8, 4) is 0 Å². The fourth-order valence-corrected chi connectivity index (χ4v) is 2.36. The highest BCUT2D eigenvalue weighted by atomic mass is 35.5. The lowest BCUT2D eigenvalue weighted by molar-refractivity contribution is 0.000843. The Balaban J connectivity index is 1.87. The van der Waals surface area contributed by atoms with Crippen LogP contribution >= 0.6 is 11.6 Å². The van der Waals surface area contributed by atoms with Gasteiger partial charge in [-0.3, -0.25) is 4.79 Å². The van der Waals surface area contributed by atoms with Crippen molar-refractivity contribution in [3.05, 3.63) is 16.9 Å². The standard InChI is InChI=1S/C15H22ClN5O3/c1-15(2,3)24-14(23)21-7-9(8-21)6-18-10-5-11(16)19-20-12(10)13(22)17-4/h5,9H,6-8H2,1-4H3,(H,17,22)(H,18,19). The number of rotatable bonds is 4. The monoisotopic (exact) mass is 355 g/mol. The summed E-state index contributed by atoms with van der Waals surface area (Å²) in [6.07, 6.45) is -0.307. The molecule has 2 N–H and O–H groups in total. The minimum absolute atomic E-state index is 0.185. The summed E-state index contributed by atoms with van der Waals surface area (Å²) in [4.78, 5) is 25.3. The lowest BCUT2D eigenvalue weighted by Gasteiger charge is -2.40. The first-order valence-electron chi connectivity index (χ1n) is 7.66. The summed E-state index contributed by atoms with van der Waals surface area (Å²) < 4.78 is 5.31. The van der Waals surface area contributed by atoms with Crippen LogP contribution in [0.2, 0.25) is 5.15 Å². The van der Waals surface area contributed by atoms with Gasteiger partial charge < -0.3 is 20.3 Å². The maximum absolute atomic E-state index is 11.9. The number of nitrogens with zero attached hydrogens (tertiary/aromatic N) is 3. The van der Waals surface area contributed by atoms with Gasteiger partial charge in [-0.2, -0.15) is 0 Å². The first-order valence-corrected chi connectivity index (χ1v) is 8.04. The van der Waals surface area contributed by atoms with Crippen LogP contribution in [0.3, 0.4) is 0 Å². The first-order chi connectivity index (χ1) is 11.2. The van der Waals surface area contributed by atoms with Crippen molar-refractivity contribution in [2.24, 2.45) is 5.92 Å². The molecule has 1 aromatic heterocycles. The number of amides is 2. The predicted molar refractivity (Wildman–Crippen MR) is 90.2 cm³/mol. The van der Waals surface area contributed by atoms with Gasteiger partial charge in [-0.25, -0.2) is 4.79 Å². The molecule has 1 aliphatic rings. The third-order valence-corrected chi connectivity index (χ3v) is 3.58. The Morgan fingerprint density at radius 2 is 2.04 bits per heavy atom. The van der Waals surface area contributed by atoms with Crippen molar-refractivity contribution in [2.45, 2.75) is 26.4 Å². The van der Waals surface area contributed by atoms with Crippen LogP contribution in [0.15, 0.2) is 6.07 Å². The molecule has 1 aliphatic heterocycles. The minimum atomic E-state index is -0.498. The predicted octanol–water partition coefficient (Wildman–Crippen LogP) is 1.77. The molecule has 2 amide bonds. The summed E-state index contributed by atoms with van der Waals surface area (Å²) in [5.74, 6) is -0.0762. The molecule has 1 fully saturated rings. The van der Waals surface area contributed by atoms with Gasteiger partial charge in [0.25, 0.3) is 5.91 Å². The maximum atomic E-state index is 11.9. The Morgan fingerprint density at radius 3 is 2.62 bits per heavy atom. The molecule has 2 rings (SSSR count). The average Bonchev–Trinajstić information content (AvgIpc) is 2.43. The zero-order valence-corrected chi connectivity index (χ0v) is 15.0. The van der Waals surface area contributed by atoms with Crippen LogP contribution in [0.4, 0.5) is 10.5 Å². The zero-order valence-electron chi connectivity index (χ0n) is 14.2. The van der Waals surface area contributed by atoms with Crippen LogP contribution in [0, 0.1) is 5.92 Å². The Kier molecular flexibility index (Phi) is 5.48. The van der Waals surface area contributed by atoms with Crippen molar-refractivity contribution in [1.29, 1.82) is 0 Å². The molecule has 132 valence electrons. The molecule has 1 saturated heterocycles. The first kappa shape index (κ1) is 18.3. The van der Waals surface area contributed by atoms with E-state index in [4.69, 9.17) is 16.3 Å². The van der Waals surface area contributed by atoms with Crippen LogP contribution in [-0.4, -0.2) is 59.4 Å². The molecule has 24 heavy (non-hydrogen) atoms. The molecule has 8 nitrogen and oxygen atoms in total. The Bertz CT molecular complexity index is 626. The number of carbonyl (C=O) groups is 2. The zero-order chi connectivity index (χ0) is 17.9. The summed E-state index contributed by atoms with van der Waals surface area (Å²) in [5.41, 5.74) is 0.206. The number of halogens is 1. The van der Waals surface area contributed by atoms with Crippen molar-refractivity contribution in [3.63, 3.8) is 0 Å². The van der Waals surface area contributed by atoms with Crippen molar-refractivity contribution in [1.82, 2.24) is 20.4 Å². The van der Waals surface area contributed by atoms with E-state index in [2.05, 4.69) is 20.8 Å². The van der Waals surface area contributed by atoms with Gasteiger partial charge >= 0.3 is 6.09 Å². The quantitative estimate of drug-likeness (QED) is 0.854. The van der Waals surface area contributed by atoms with Gasteiger partial charge in [0.05, 0.1) is 5.69 Å². The smallest absolute Gasteiger partial charge is 0.410 e. The molecule has 2 heterocycles. The van der Waals surface area contributed by atoms with Gasteiger partial charge in [-0.1, -0.05) is 11.6 Å². The topological polar surface area (TPSA) is 96.5 Å². The van der Waals surface area contributed by atoms with Crippen LogP contribution in [0.5, 0.6) is 0 Å². The van der Waals surface area contributed by atoms with Crippen molar-refractivity contribution in [2.75, 3.05) is 32.0 Å². The summed E-state index contributed by atoms with van der Waals surface area (Å²) in [7, 11) is 1.52. The fraction of sp³-hybridized carbons (Fsp3) is 0.600. The van der Waals surface area contributed by atoms with E-state index in [0.717, 1.165) is 0 Å². The number of likely N-dealkylation sites (tertiary alicyclic amines) is 1. The number of hydrogen-bond acceptors (Lipinski definition) is 6. The number of hydrogen-bond donors (Lipinski definition) is 2.